The molecule has 17 rings (SSSR count). The zero-order valence-electron chi connectivity index (χ0n) is 76.6. The number of ketones is 1. The molecule has 25 nitrogen and oxygen atoms in total. The number of Topliss-reactive ketones (excluding diaryl/α,β-unsaturated/α-hetero) is 1. The van der Waals surface area contributed by atoms with Crippen LogP contribution >= 0.6 is 11.6 Å². The molecule has 0 unspecified atom stereocenters. The quantitative estimate of drug-likeness (QED) is 0.0759. The number of piperidine rings is 4. The lowest BCUT2D eigenvalue weighted by molar-refractivity contribution is -0.145. The summed E-state index contributed by atoms with van der Waals surface area (Å²) >= 11 is 6.32. The minimum atomic E-state index is -4.95. The maximum atomic E-state index is 14.9. The molecule has 1 atom stereocenters. The van der Waals surface area contributed by atoms with Gasteiger partial charge in [-0.2, -0.15) is 48.3 Å². The minimum absolute atomic E-state index is 0. The molecular formula is C94H118ClF12N13O12S2. The molecule has 134 heavy (non-hydrogen) atoms. The number of aromatic nitrogens is 4. The topological polar surface area (TPSA) is 248 Å². The van der Waals surface area contributed by atoms with E-state index >= 15 is 0 Å². The van der Waals surface area contributed by atoms with E-state index in [1.807, 2.05) is 79.6 Å². The first-order valence-electron chi connectivity index (χ1n) is 44.6. The third-order valence-corrected chi connectivity index (χ3v) is 31.1. The molecule has 0 bridgehead atoms. The molecule has 1 saturated carbocycles. The second kappa shape index (κ2) is 37.5. The standard InChI is InChI=1S/C26H34F3N3O3.C25H29F3N4O4S.C23H27F4N3O2.C20H22ClF2N3O3S.3H2/c1-23(2,3)35-18-8-7-17(15-19(18)34-6)22(33)31-13-11-25(12-14-31)20-9-10-21(26(27,28)29)32(20)16-24(4,5)30-25;1-16-15-32-20(22(33)25(26,27)28)9-10-21(32)24(30(16)2)11-13-31(14-12-24)23(34)17-3-7-19(8-4-17)37(35,36)29-18-5-6-18;1-4-15-5-6-16(13-18(15)32-3)21(31)29-9-7-22(8-10-29)20-17(24)14-19(23(25,26)27)30(20)12-11-28(22)2;1-24-12-13-26-16(6-7-17(26)21)20(24)8-10-25(11-9-20)18(27)14-2-4-15(5-3-14)30(28,29)19(22)23;;;/h7-10,15,30H,11-14,16H2,1-6H3;3-4,7-10,16,18,29H,5-6,11-15H2,1-2H3;5-6,13-14H,4,7-12H2,1-3H3;2-7,19H,8-13H2,1H3;3*1H/t;16-;;;;;/m.0...../s1. The second-order valence-electron chi connectivity index (χ2n) is 37.7. The van der Waals surface area contributed by atoms with Gasteiger partial charge in [0.2, 0.25) is 19.9 Å². The zero-order valence-corrected chi connectivity index (χ0v) is 79.0. The fraction of sp³-hybridized carbons (Fsp3) is 0.521. The molecule has 9 aliphatic rings. The highest BCUT2D eigenvalue weighted by Crippen LogP contribution is 2.50. The molecule has 4 spiro atoms. The maximum Gasteiger partial charge on any atom is 0.456 e. The van der Waals surface area contributed by atoms with Crippen molar-refractivity contribution in [1.82, 2.24) is 62.6 Å². The lowest BCUT2D eigenvalue weighted by Gasteiger charge is -2.53. The third-order valence-electron chi connectivity index (χ3n) is 27.8. The van der Waals surface area contributed by atoms with Gasteiger partial charge in [-0.25, -0.2) is 25.9 Å². The highest BCUT2D eigenvalue weighted by atomic mass is 35.5. The van der Waals surface area contributed by atoms with Crippen LogP contribution in [0.15, 0.2) is 137 Å². The first-order chi connectivity index (χ1) is 62.8. The van der Waals surface area contributed by atoms with E-state index in [0.717, 1.165) is 78.3 Å². The number of hydrogen-bond acceptors (Lipinski definition) is 16. The van der Waals surface area contributed by atoms with Crippen LogP contribution in [0.1, 0.15) is 209 Å². The number of aryl methyl sites for hydroxylation is 1. The summed E-state index contributed by atoms with van der Waals surface area (Å²) in [5.74, 6) is -5.25. The number of sulfone groups is 1. The van der Waals surface area contributed by atoms with Crippen molar-refractivity contribution in [2.24, 2.45) is 0 Å². The van der Waals surface area contributed by atoms with E-state index in [-0.39, 0.29) is 87.0 Å². The molecule has 4 saturated heterocycles. The zero-order chi connectivity index (χ0) is 97.5. The van der Waals surface area contributed by atoms with Gasteiger partial charge in [-0.1, -0.05) is 24.6 Å². The van der Waals surface area contributed by atoms with E-state index in [9.17, 15) is 93.5 Å². The van der Waals surface area contributed by atoms with E-state index in [1.165, 1.54) is 64.8 Å². The molecule has 4 aromatic carbocycles. The van der Waals surface area contributed by atoms with Crippen LogP contribution in [0.5, 0.6) is 17.2 Å². The number of likely N-dealkylation sites (tertiary alicyclic amines) is 4. The van der Waals surface area contributed by atoms with Crippen LogP contribution in [0.3, 0.4) is 0 Å². The molecule has 8 aromatic rings. The Hall–Kier alpha value is -9.90. The molecule has 2 N–H and O–H groups in total. The van der Waals surface area contributed by atoms with Crippen LogP contribution in [0.2, 0.25) is 5.15 Å². The molecule has 8 aliphatic heterocycles. The number of halogens is 13. The molecule has 4 aromatic heterocycles. The fourth-order valence-electron chi connectivity index (χ4n) is 20.5. The first kappa shape index (κ1) is 100. The van der Waals surface area contributed by atoms with E-state index in [1.54, 1.807) is 69.2 Å². The number of fused-ring (bicyclic) bond motifs is 8. The number of methoxy groups -OCH3 is 2. The SMILES string of the molecule is CCc1ccc(C(=O)N2CCC3(CC2)c2c(F)cc(C(F)(F)F)n2CCN3C)cc1OC.CN1CCn2c(Cl)ccc2C12CCN(C(=O)c1ccc(S(=O)(=O)C(F)F)cc1)CC2.COc1cc(C(=O)N2CCC3(CC2)NC(C)(C)Cn2c(C(F)(F)F)ccc23)ccc1OC(C)(C)C.C[C@H]1Cn2c(C(=O)C(F)(F)F)ccc2C2(CCN(C(=O)c3ccc(S(=O)(=O)NC4CC4)cc3)CC2)N1C.[HH].[HH].[HH]. The van der Waals surface area contributed by atoms with E-state index in [4.69, 9.17) is 25.8 Å². The third kappa shape index (κ3) is 19.8. The summed E-state index contributed by atoms with van der Waals surface area (Å²) in [4.78, 5) is 77.4. The molecule has 5 fully saturated rings. The van der Waals surface area contributed by atoms with Gasteiger partial charge in [-0.15, -0.1) is 0 Å². The van der Waals surface area contributed by atoms with Crippen LogP contribution < -0.4 is 24.2 Å². The van der Waals surface area contributed by atoms with Gasteiger partial charge in [0, 0.05) is 159 Å². The van der Waals surface area contributed by atoms with Gasteiger partial charge < -0.3 is 52.1 Å². The summed E-state index contributed by atoms with van der Waals surface area (Å²) in [6.07, 6.45) is -7.33. The van der Waals surface area contributed by atoms with Crippen LogP contribution in [0.25, 0.3) is 0 Å². The fourth-order valence-corrected chi connectivity index (χ4v) is 22.8. The summed E-state index contributed by atoms with van der Waals surface area (Å²) in [5, 5.41) is 4.33. The van der Waals surface area contributed by atoms with Crippen LogP contribution in [0, 0.1) is 5.82 Å². The molecule has 12 heterocycles. The Morgan fingerprint density at radius 1 is 0.522 bits per heavy atom. The number of ether oxygens (including phenoxy) is 3. The number of carbonyl (C=O) groups excluding carboxylic acids is 5. The number of nitrogens with one attached hydrogen (secondary N) is 2. The highest BCUT2D eigenvalue weighted by Gasteiger charge is 2.55. The van der Waals surface area contributed by atoms with Crippen molar-refractivity contribution in [2.45, 2.75) is 225 Å². The van der Waals surface area contributed by atoms with Crippen molar-refractivity contribution in [1.29, 1.82) is 0 Å². The molecule has 4 amide bonds. The molecule has 1 aliphatic carbocycles. The first-order valence-corrected chi connectivity index (χ1v) is 48.0. The van der Waals surface area contributed by atoms with Crippen molar-refractivity contribution in [3.8, 4) is 17.2 Å². The van der Waals surface area contributed by atoms with E-state index in [2.05, 4.69) is 37.5 Å². The normalized spacial score (nSPS) is 20.0. The van der Waals surface area contributed by atoms with Crippen molar-refractivity contribution >= 4 is 60.9 Å². The number of alkyl halides is 11. The summed E-state index contributed by atoms with van der Waals surface area (Å²) in [5.41, 5.74) is 0.0482. The number of benzene rings is 4. The van der Waals surface area contributed by atoms with Gasteiger partial charge in [-0.05, 0) is 254 Å². The molecule has 734 valence electrons. The largest absolute Gasteiger partial charge is 0.496 e. The van der Waals surface area contributed by atoms with Gasteiger partial charge in [-0.3, -0.25) is 44.0 Å². The second-order valence-corrected chi connectivity index (χ2v) is 41.7. The van der Waals surface area contributed by atoms with E-state index in [0.29, 0.717) is 149 Å². The summed E-state index contributed by atoms with van der Waals surface area (Å²) in [6.45, 7) is 19.5. The lowest BCUT2D eigenvalue weighted by Crippen LogP contribution is -2.63. The lowest BCUT2D eigenvalue weighted by atomic mass is 9.79. The Labute approximate surface area is 780 Å². The van der Waals surface area contributed by atoms with Crippen molar-refractivity contribution in [3.63, 3.8) is 0 Å². The summed E-state index contributed by atoms with van der Waals surface area (Å²) < 4.78 is 234. The number of sulfonamides is 1. The number of likely N-dealkylation sites (N-methyl/N-ethyl adjacent to an activating group) is 3. The van der Waals surface area contributed by atoms with Gasteiger partial charge in [0.1, 0.15) is 33.7 Å². The summed E-state index contributed by atoms with van der Waals surface area (Å²) in [7, 11) is 0.638. The van der Waals surface area contributed by atoms with E-state index < -0.39 is 99.8 Å². The molecular weight excluding hydrogens is 1830 g/mol. The smallest absolute Gasteiger partial charge is 0.456 e. The Morgan fingerprint density at radius 2 is 0.978 bits per heavy atom. The van der Waals surface area contributed by atoms with Crippen LogP contribution in [-0.4, -0.2) is 235 Å². The number of hydrogen-bond donors (Lipinski definition) is 2. The number of nitrogens with zero attached hydrogens (tertiary/aromatic N) is 11. The van der Waals surface area contributed by atoms with Gasteiger partial charge in [0.15, 0.2) is 11.5 Å². The van der Waals surface area contributed by atoms with Crippen molar-refractivity contribution in [3.05, 3.63) is 206 Å². The van der Waals surface area contributed by atoms with Crippen molar-refractivity contribution in [2.75, 3.05) is 101 Å². The predicted molar refractivity (Wildman–Crippen MR) is 482 cm³/mol. The maximum absolute atomic E-state index is 14.9. The average molecular weight is 1950 g/mol. The Kier molecular flexibility index (Phi) is 28.0. The van der Waals surface area contributed by atoms with Gasteiger partial charge >= 0.3 is 24.3 Å². The Morgan fingerprint density at radius 3 is 1.48 bits per heavy atom. The van der Waals surface area contributed by atoms with Gasteiger partial charge in [0.05, 0.1) is 57.6 Å². The van der Waals surface area contributed by atoms with Crippen molar-refractivity contribution < 1.29 is 112 Å². The summed E-state index contributed by atoms with van der Waals surface area (Å²) in [6, 6.07) is 31.1. The molecule has 0 radical (unpaired) electrons. The highest BCUT2D eigenvalue weighted by molar-refractivity contribution is 7.91. The monoisotopic (exact) mass is 1950 g/mol. The number of rotatable bonds is 14. The Balaban J connectivity index is 0.000000174. The predicted octanol–water partition coefficient (Wildman–Crippen LogP) is 16.6. The van der Waals surface area contributed by atoms with Gasteiger partial charge in [0.25, 0.3) is 29.4 Å². The van der Waals surface area contributed by atoms with Crippen LogP contribution in [0.4, 0.5) is 52.7 Å². The molecule has 40 heteroatoms. The number of amides is 4. The van der Waals surface area contributed by atoms with Crippen LogP contribution in [-0.2, 0) is 87.0 Å². The number of carbonyl (C=O) groups is 5. The average Bonchev–Trinajstić information content (AvgIpc) is 1.62. The minimum Gasteiger partial charge on any atom is -0.496 e. The Bertz CT molecular complexity index is 5970.